The molecule has 0 unspecified atom stereocenters. The molecule has 0 fully saturated rings. The SMILES string of the molecule is CC(C)NCc1cc(O)c(C(C)(C)C)cc1O. The maximum Gasteiger partial charge on any atom is 0.120 e. The van der Waals surface area contributed by atoms with Gasteiger partial charge in [-0.2, -0.15) is 0 Å². The molecule has 1 aromatic carbocycles. The molecule has 0 saturated heterocycles. The Balaban J connectivity index is 3.02. The van der Waals surface area contributed by atoms with E-state index in [1.54, 1.807) is 12.1 Å². The number of aromatic hydroxyl groups is 2. The quantitative estimate of drug-likeness (QED) is 0.708. The molecule has 0 heterocycles. The molecule has 0 saturated carbocycles. The average Bonchev–Trinajstić information content (AvgIpc) is 2.17. The van der Waals surface area contributed by atoms with Gasteiger partial charge >= 0.3 is 0 Å². The lowest BCUT2D eigenvalue weighted by Crippen LogP contribution is -2.22. The van der Waals surface area contributed by atoms with Gasteiger partial charge in [-0.25, -0.2) is 0 Å². The van der Waals surface area contributed by atoms with Gasteiger partial charge < -0.3 is 15.5 Å². The van der Waals surface area contributed by atoms with Crippen LogP contribution in [-0.2, 0) is 12.0 Å². The summed E-state index contributed by atoms with van der Waals surface area (Å²) in [6.07, 6.45) is 0. The Hall–Kier alpha value is -1.22. The normalized spacial score (nSPS) is 12.1. The summed E-state index contributed by atoms with van der Waals surface area (Å²) in [6.45, 7) is 10.7. The average molecular weight is 237 g/mol. The van der Waals surface area contributed by atoms with Gasteiger partial charge in [0.1, 0.15) is 11.5 Å². The van der Waals surface area contributed by atoms with Crippen molar-refractivity contribution in [2.24, 2.45) is 0 Å². The Morgan fingerprint density at radius 3 is 2.18 bits per heavy atom. The molecule has 0 aliphatic rings. The molecular formula is C14H23NO2. The van der Waals surface area contributed by atoms with Crippen LogP contribution in [0.5, 0.6) is 11.5 Å². The number of nitrogens with one attached hydrogen (secondary N) is 1. The Morgan fingerprint density at radius 2 is 1.71 bits per heavy atom. The van der Waals surface area contributed by atoms with Gasteiger partial charge in [-0.1, -0.05) is 34.6 Å². The number of hydrogen-bond donors (Lipinski definition) is 3. The van der Waals surface area contributed by atoms with Crippen molar-refractivity contribution in [1.82, 2.24) is 5.32 Å². The van der Waals surface area contributed by atoms with E-state index in [2.05, 4.69) is 5.32 Å². The minimum Gasteiger partial charge on any atom is -0.508 e. The zero-order valence-corrected chi connectivity index (χ0v) is 11.3. The molecule has 0 bridgehead atoms. The second kappa shape index (κ2) is 4.96. The molecule has 0 radical (unpaired) electrons. The third kappa shape index (κ3) is 3.63. The van der Waals surface area contributed by atoms with Crippen molar-refractivity contribution in [1.29, 1.82) is 0 Å². The standard InChI is InChI=1S/C14H23NO2/c1-9(2)15-8-10-6-13(17)11(7-12(10)16)14(3,4)5/h6-7,9,15-17H,8H2,1-5H3. The maximum atomic E-state index is 9.98. The summed E-state index contributed by atoms with van der Waals surface area (Å²) in [5, 5.41) is 23.1. The fraction of sp³-hybridized carbons (Fsp3) is 0.571. The van der Waals surface area contributed by atoms with Crippen molar-refractivity contribution < 1.29 is 10.2 Å². The minimum absolute atomic E-state index is 0.175. The summed E-state index contributed by atoms with van der Waals surface area (Å²) in [5.74, 6) is 0.483. The van der Waals surface area contributed by atoms with Crippen LogP contribution in [0.4, 0.5) is 0 Å². The van der Waals surface area contributed by atoms with Crippen molar-refractivity contribution in [3.05, 3.63) is 23.3 Å². The highest BCUT2D eigenvalue weighted by Crippen LogP contribution is 2.35. The van der Waals surface area contributed by atoms with Crippen LogP contribution >= 0.6 is 0 Å². The van der Waals surface area contributed by atoms with Gasteiger partial charge in [0.05, 0.1) is 0 Å². The van der Waals surface area contributed by atoms with Crippen LogP contribution in [0.25, 0.3) is 0 Å². The molecule has 0 spiro atoms. The van der Waals surface area contributed by atoms with Crippen molar-refractivity contribution >= 4 is 0 Å². The van der Waals surface area contributed by atoms with E-state index in [0.717, 1.165) is 11.1 Å². The Morgan fingerprint density at radius 1 is 1.12 bits per heavy atom. The molecule has 1 aromatic rings. The van der Waals surface area contributed by atoms with E-state index < -0.39 is 0 Å². The molecule has 1 rings (SSSR count). The second-order valence-electron chi connectivity index (χ2n) is 5.78. The van der Waals surface area contributed by atoms with Gasteiger partial charge in [-0.05, 0) is 17.5 Å². The molecule has 0 amide bonds. The summed E-state index contributed by atoms with van der Waals surface area (Å²) < 4.78 is 0. The fourth-order valence-electron chi connectivity index (χ4n) is 1.68. The molecule has 3 nitrogen and oxygen atoms in total. The fourth-order valence-corrected chi connectivity index (χ4v) is 1.68. The van der Waals surface area contributed by atoms with Gasteiger partial charge in [-0.3, -0.25) is 0 Å². The van der Waals surface area contributed by atoms with Gasteiger partial charge in [-0.15, -0.1) is 0 Å². The third-order valence-corrected chi connectivity index (χ3v) is 2.71. The monoisotopic (exact) mass is 237 g/mol. The molecule has 0 aliphatic carbocycles. The molecule has 0 aliphatic heterocycles. The molecule has 96 valence electrons. The Labute approximate surface area is 103 Å². The molecule has 0 atom stereocenters. The third-order valence-electron chi connectivity index (χ3n) is 2.71. The summed E-state index contributed by atoms with van der Waals surface area (Å²) >= 11 is 0. The number of phenols is 2. The first kappa shape index (κ1) is 13.8. The number of benzene rings is 1. The molecule has 17 heavy (non-hydrogen) atoms. The van der Waals surface area contributed by atoms with Crippen LogP contribution in [0, 0.1) is 0 Å². The first-order chi connectivity index (χ1) is 7.71. The van der Waals surface area contributed by atoms with Crippen molar-refractivity contribution in [3.8, 4) is 11.5 Å². The molecule has 0 aromatic heterocycles. The van der Waals surface area contributed by atoms with E-state index in [1.807, 2.05) is 34.6 Å². The summed E-state index contributed by atoms with van der Waals surface area (Å²) in [6, 6.07) is 3.65. The second-order valence-corrected chi connectivity index (χ2v) is 5.78. The van der Waals surface area contributed by atoms with Crippen molar-refractivity contribution in [2.75, 3.05) is 0 Å². The van der Waals surface area contributed by atoms with E-state index in [-0.39, 0.29) is 16.9 Å². The van der Waals surface area contributed by atoms with Crippen LogP contribution < -0.4 is 5.32 Å². The Kier molecular flexibility index (Phi) is 4.04. The molecular weight excluding hydrogens is 214 g/mol. The summed E-state index contributed by atoms with van der Waals surface area (Å²) in [4.78, 5) is 0. The van der Waals surface area contributed by atoms with Gasteiger partial charge in [0.15, 0.2) is 0 Å². The number of hydrogen-bond acceptors (Lipinski definition) is 3. The molecule has 3 N–H and O–H groups in total. The van der Waals surface area contributed by atoms with E-state index in [9.17, 15) is 10.2 Å². The first-order valence-corrected chi connectivity index (χ1v) is 6.00. The summed E-state index contributed by atoms with van der Waals surface area (Å²) in [5.41, 5.74) is 1.32. The van der Waals surface area contributed by atoms with Crippen LogP contribution in [-0.4, -0.2) is 16.3 Å². The first-order valence-electron chi connectivity index (χ1n) is 6.00. The lowest BCUT2D eigenvalue weighted by atomic mass is 9.85. The predicted molar refractivity (Wildman–Crippen MR) is 70.4 cm³/mol. The van der Waals surface area contributed by atoms with E-state index >= 15 is 0 Å². The van der Waals surface area contributed by atoms with Crippen LogP contribution in [0.2, 0.25) is 0 Å². The zero-order valence-electron chi connectivity index (χ0n) is 11.3. The number of phenolic OH excluding ortho intramolecular Hbond substituents is 2. The summed E-state index contributed by atoms with van der Waals surface area (Å²) in [7, 11) is 0. The number of rotatable bonds is 3. The van der Waals surface area contributed by atoms with Crippen molar-refractivity contribution in [2.45, 2.75) is 52.6 Å². The van der Waals surface area contributed by atoms with Gasteiger partial charge in [0.25, 0.3) is 0 Å². The van der Waals surface area contributed by atoms with Crippen LogP contribution in [0.1, 0.15) is 45.7 Å². The largest absolute Gasteiger partial charge is 0.508 e. The predicted octanol–water partition coefficient (Wildman–Crippen LogP) is 2.89. The highest BCUT2D eigenvalue weighted by atomic mass is 16.3. The Bertz CT molecular complexity index is 392. The van der Waals surface area contributed by atoms with E-state index in [4.69, 9.17) is 0 Å². The van der Waals surface area contributed by atoms with Gasteiger partial charge in [0.2, 0.25) is 0 Å². The topological polar surface area (TPSA) is 52.5 Å². The highest BCUT2D eigenvalue weighted by molar-refractivity contribution is 5.47. The van der Waals surface area contributed by atoms with Crippen LogP contribution in [0.15, 0.2) is 12.1 Å². The van der Waals surface area contributed by atoms with Crippen molar-refractivity contribution in [3.63, 3.8) is 0 Å². The van der Waals surface area contributed by atoms with Crippen LogP contribution in [0.3, 0.4) is 0 Å². The van der Waals surface area contributed by atoms with E-state index in [0.29, 0.717) is 12.6 Å². The maximum absolute atomic E-state index is 9.98. The van der Waals surface area contributed by atoms with E-state index in [1.165, 1.54) is 0 Å². The lowest BCUT2D eigenvalue weighted by Gasteiger charge is -2.22. The highest BCUT2D eigenvalue weighted by Gasteiger charge is 2.20. The lowest BCUT2D eigenvalue weighted by molar-refractivity contribution is 0.428. The molecule has 3 heteroatoms. The minimum atomic E-state index is -0.175. The zero-order chi connectivity index (χ0) is 13.2. The smallest absolute Gasteiger partial charge is 0.120 e. The van der Waals surface area contributed by atoms with Gasteiger partial charge in [0, 0.05) is 23.7 Å².